The zero-order chi connectivity index (χ0) is 21.8. The van der Waals surface area contributed by atoms with Crippen molar-refractivity contribution in [2.45, 2.75) is 29.4 Å². The van der Waals surface area contributed by atoms with Crippen LogP contribution in [-0.4, -0.2) is 25.4 Å². The summed E-state index contributed by atoms with van der Waals surface area (Å²) < 4.78 is 66.2. The Kier molecular flexibility index (Phi) is 5.14. The molecule has 0 spiro atoms. The highest BCUT2D eigenvalue weighted by molar-refractivity contribution is 7.92. The van der Waals surface area contributed by atoms with E-state index in [4.69, 9.17) is 11.6 Å². The van der Waals surface area contributed by atoms with Crippen molar-refractivity contribution in [1.29, 1.82) is 0 Å². The topological polar surface area (TPSA) is 80.3 Å². The van der Waals surface area contributed by atoms with Crippen molar-refractivity contribution in [3.8, 4) is 0 Å². The summed E-state index contributed by atoms with van der Waals surface area (Å²) in [4.78, 5) is 24.2. The third kappa shape index (κ3) is 3.39. The maximum absolute atomic E-state index is 13.4. The van der Waals surface area contributed by atoms with Crippen LogP contribution in [0.5, 0.6) is 0 Å². The number of Topliss-reactive ketones (excluding diaryl/α,β-unsaturated/α-hetero) is 1. The maximum atomic E-state index is 13.4. The van der Waals surface area contributed by atoms with Gasteiger partial charge in [-0.2, -0.15) is 0 Å². The number of nitrogens with one attached hydrogen (secondary N) is 1. The van der Waals surface area contributed by atoms with E-state index in [1.807, 2.05) is 0 Å². The molecule has 5 nitrogen and oxygen atoms in total. The molecular weight excluding hydrogens is 443 g/mol. The molecule has 2 aliphatic rings. The third-order valence-corrected chi connectivity index (χ3v) is 8.51. The van der Waals surface area contributed by atoms with E-state index in [9.17, 15) is 31.2 Å². The van der Waals surface area contributed by atoms with Crippen LogP contribution in [0.25, 0.3) is 0 Å². The van der Waals surface area contributed by atoms with Crippen LogP contribution in [0.1, 0.15) is 29.6 Å². The highest BCUT2D eigenvalue weighted by atomic mass is 35.5. The van der Waals surface area contributed by atoms with E-state index in [2.05, 4.69) is 5.32 Å². The largest absolute Gasteiger partial charge is 0.322 e. The van der Waals surface area contributed by atoms with Crippen LogP contribution in [0.4, 0.5) is 18.9 Å². The number of ketones is 1. The smallest absolute Gasteiger partial charge is 0.255 e. The molecule has 2 saturated carbocycles. The lowest BCUT2D eigenvalue weighted by atomic mass is 10.00. The molecule has 2 bridgehead atoms. The Morgan fingerprint density at radius 3 is 2.30 bits per heavy atom. The SMILES string of the molecule is O=C(Nc1cc(F)c(F)c(F)c1)c1ccc(Cl)c(S(=O)(=O)[C@@H]2C3CCC2C(=O)C3)c1. The molecule has 10 heteroatoms. The molecule has 2 aromatic rings. The Morgan fingerprint density at radius 2 is 1.73 bits per heavy atom. The van der Waals surface area contributed by atoms with Crippen LogP contribution < -0.4 is 5.32 Å². The highest BCUT2D eigenvalue weighted by Gasteiger charge is 2.54. The molecule has 2 aliphatic carbocycles. The fraction of sp³-hybridized carbons (Fsp3) is 0.300. The van der Waals surface area contributed by atoms with Crippen molar-refractivity contribution >= 4 is 38.8 Å². The van der Waals surface area contributed by atoms with Gasteiger partial charge < -0.3 is 5.32 Å². The van der Waals surface area contributed by atoms with Crippen molar-refractivity contribution in [3.63, 3.8) is 0 Å². The second kappa shape index (κ2) is 7.39. The second-order valence-electron chi connectivity index (χ2n) is 7.48. The molecule has 2 aromatic carbocycles. The predicted octanol–water partition coefficient (Wildman–Crippen LogP) is 4.15. The lowest BCUT2D eigenvalue weighted by Gasteiger charge is -2.17. The lowest BCUT2D eigenvalue weighted by molar-refractivity contribution is -0.121. The minimum Gasteiger partial charge on any atom is -0.322 e. The number of anilines is 1. The summed E-state index contributed by atoms with van der Waals surface area (Å²) in [5.41, 5.74) is -0.463. The first-order valence-electron chi connectivity index (χ1n) is 9.11. The average Bonchev–Trinajstić information content (AvgIpc) is 3.24. The van der Waals surface area contributed by atoms with Crippen LogP contribution in [0.3, 0.4) is 0 Å². The first-order valence-corrected chi connectivity index (χ1v) is 11.0. The van der Waals surface area contributed by atoms with Crippen LogP contribution in [0.15, 0.2) is 35.2 Å². The number of carbonyl (C=O) groups excluding carboxylic acids is 2. The van der Waals surface area contributed by atoms with Crippen LogP contribution in [-0.2, 0) is 14.6 Å². The second-order valence-corrected chi connectivity index (χ2v) is 9.96. The van der Waals surface area contributed by atoms with E-state index in [1.54, 1.807) is 0 Å². The van der Waals surface area contributed by atoms with Gasteiger partial charge in [-0.25, -0.2) is 21.6 Å². The Labute approximate surface area is 175 Å². The number of hydrogen-bond donors (Lipinski definition) is 1. The molecule has 1 amide bonds. The average molecular weight is 458 g/mol. The van der Waals surface area contributed by atoms with Gasteiger partial charge in [0.15, 0.2) is 27.3 Å². The summed E-state index contributed by atoms with van der Waals surface area (Å²) in [5, 5.41) is 1.23. The molecule has 0 aromatic heterocycles. The Morgan fingerprint density at radius 1 is 1.07 bits per heavy atom. The van der Waals surface area contributed by atoms with E-state index >= 15 is 0 Å². The molecular formula is C20H15ClF3NO4S. The van der Waals surface area contributed by atoms with Crippen molar-refractivity contribution in [2.24, 2.45) is 11.8 Å². The van der Waals surface area contributed by atoms with Gasteiger partial charge in [-0.05, 0) is 37.0 Å². The van der Waals surface area contributed by atoms with E-state index in [0.29, 0.717) is 25.0 Å². The summed E-state index contributed by atoms with van der Waals surface area (Å²) in [6.45, 7) is 0. The van der Waals surface area contributed by atoms with Gasteiger partial charge in [0.25, 0.3) is 5.91 Å². The van der Waals surface area contributed by atoms with Gasteiger partial charge >= 0.3 is 0 Å². The predicted molar refractivity (Wildman–Crippen MR) is 103 cm³/mol. The number of rotatable bonds is 4. The van der Waals surface area contributed by atoms with Crippen LogP contribution >= 0.6 is 11.6 Å². The molecule has 2 unspecified atom stereocenters. The van der Waals surface area contributed by atoms with Crippen molar-refractivity contribution in [1.82, 2.24) is 0 Å². The Bertz CT molecular complexity index is 1160. The van der Waals surface area contributed by atoms with Crippen LogP contribution in [0.2, 0.25) is 5.02 Å². The molecule has 0 aliphatic heterocycles. The summed E-state index contributed by atoms with van der Waals surface area (Å²) >= 11 is 6.10. The van der Waals surface area contributed by atoms with Gasteiger partial charge in [0.1, 0.15) is 5.78 Å². The number of halogens is 4. The molecule has 0 saturated heterocycles. The normalized spacial score (nSPS) is 23.1. The maximum Gasteiger partial charge on any atom is 0.255 e. The molecule has 1 N–H and O–H groups in total. The monoisotopic (exact) mass is 457 g/mol. The number of hydrogen-bond acceptors (Lipinski definition) is 4. The zero-order valence-corrected chi connectivity index (χ0v) is 16.9. The quantitative estimate of drug-likeness (QED) is 0.699. The Hall–Kier alpha value is -2.39. The van der Waals surface area contributed by atoms with E-state index in [0.717, 1.165) is 6.07 Å². The number of carbonyl (C=O) groups is 2. The van der Waals surface area contributed by atoms with Crippen molar-refractivity contribution in [3.05, 3.63) is 58.4 Å². The van der Waals surface area contributed by atoms with E-state index in [-0.39, 0.29) is 39.3 Å². The minimum absolute atomic E-state index is 0.0785. The summed E-state index contributed by atoms with van der Waals surface area (Å²) in [6.07, 6.45) is 1.36. The minimum atomic E-state index is -3.99. The van der Waals surface area contributed by atoms with E-state index in [1.165, 1.54) is 12.1 Å². The lowest BCUT2D eigenvalue weighted by Crippen LogP contribution is -2.28. The summed E-state index contributed by atoms with van der Waals surface area (Å²) in [7, 11) is -3.99. The summed E-state index contributed by atoms with van der Waals surface area (Å²) in [6, 6.07) is 4.76. The van der Waals surface area contributed by atoms with Gasteiger partial charge in [0.05, 0.1) is 15.2 Å². The van der Waals surface area contributed by atoms with Gasteiger partial charge in [-0.1, -0.05) is 11.6 Å². The van der Waals surface area contributed by atoms with Gasteiger partial charge in [-0.3, -0.25) is 9.59 Å². The summed E-state index contributed by atoms with van der Waals surface area (Å²) in [5.74, 6) is -6.42. The molecule has 0 heterocycles. The molecule has 0 radical (unpaired) electrons. The van der Waals surface area contributed by atoms with Gasteiger partial charge in [0.2, 0.25) is 0 Å². The van der Waals surface area contributed by atoms with Crippen molar-refractivity contribution < 1.29 is 31.2 Å². The van der Waals surface area contributed by atoms with Crippen molar-refractivity contribution in [2.75, 3.05) is 5.32 Å². The first kappa shape index (κ1) is 20.9. The Balaban J connectivity index is 1.65. The molecule has 158 valence electrons. The highest BCUT2D eigenvalue weighted by Crippen LogP contribution is 2.48. The third-order valence-electron chi connectivity index (χ3n) is 5.69. The number of benzene rings is 2. The van der Waals surface area contributed by atoms with Crippen LogP contribution in [0, 0.1) is 29.3 Å². The first-order chi connectivity index (χ1) is 14.1. The standard InChI is InChI=1S/C20H15ClF3NO4S/c21-13-4-2-10(20(27)25-11-7-14(22)18(24)15(23)8-11)6-17(13)30(28,29)19-9-1-3-12(19)16(26)5-9/h2,4,6-9,12,19H,1,3,5H2,(H,25,27)/t9?,12?,19-/m1/s1. The molecule has 4 rings (SSSR count). The van der Waals surface area contributed by atoms with Gasteiger partial charge in [-0.15, -0.1) is 0 Å². The number of sulfone groups is 1. The van der Waals surface area contributed by atoms with E-state index < -0.39 is 44.4 Å². The fourth-order valence-electron chi connectivity index (χ4n) is 4.33. The fourth-order valence-corrected chi connectivity index (χ4v) is 7.16. The molecule has 30 heavy (non-hydrogen) atoms. The molecule has 3 atom stereocenters. The number of fused-ring (bicyclic) bond motifs is 2. The van der Waals surface area contributed by atoms with Gasteiger partial charge in [0, 0.05) is 35.7 Å². The number of amides is 1. The molecule has 2 fully saturated rings. The zero-order valence-electron chi connectivity index (χ0n) is 15.3.